The molecule has 6 nitrogen and oxygen atoms in total. The largest absolute Gasteiger partial charge is 0.497 e. The molecular formula is C18H26N4O2. The van der Waals surface area contributed by atoms with Crippen LogP contribution in [0.4, 0.5) is 0 Å². The Morgan fingerprint density at radius 1 is 1.25 bits per heavy atom. The molecule has 24 heavy (non-hydrogen) atoms. The first-order chi connectivity index (χ1) is 11.5. The van der Waals surface area contributed by atoms with Crippen molar-refractivity contribution in [2.75, 3.05) is 20.2 Å². The maximum absolute atomic E-state index is 5.83. The van der Waals surface area contributed by atoms with Crippen LogP contribution in [0.3, 0.4) is 0 Å². The molecule has 1 saturated heterocycles. The predicted molar refractivity (Wildman–Crippen MR) is 92.4 cm³/mol. The van der Waals surface area contributed by atoms with E-state index in [2.05, 4.69) is 31.2 Å². The predicted octanol–water partition coefficient (Wildman–Crippen LogP) is 2.38. The Balaban J connectivity index is 1.72. The third-order valence-corrected chi connectivity index (χ3v) is 4.10. The van der Waals surface area contributed by atoms with Crippen LogP contribution < -0.4 is 14.8 Å². The lowest BCUT2D eigenvalue weighted by Gasteiger charge is -2.28. The van der Waals surface area contributed by atoms with Crippen molar-refractivity contribution >= 4 is 0 Å². The molecule has 0 radical (unpaired) electrons. The molecule has 0 bridgehead atoms. The van der Waals surface area contributed by atoms with E-state index in [9.17, 15) is 0 Å². The van der Waals surface area contributed by atoms with Gasteiger partial charge in [-0.15, -0.1) is 0 Å². The summed E-state index contributed by atoms with van der Waals surface area (Å²) in [4.78, 5) is 4.72. The van der Waals surface area contributed by atoms with Crippen molar-refractivity contribution in [2.45, 2.75) is 39.3 Å². The van der Waals surface area contributed by atoms with E-state index in [-0.39, 0.29) is 5.54 Å². The van der Waals surface area contributed by atoms with E-state index in [0.717, 1.165) is 42.7 Å². The molecule has 0 amide bonds. The zero-order valence-electron chi connectivity index (χ0n) is 14.9. The van der Waals surface area contributed by atoms with Crippen LogP contribution in [0.15, 0.2) is 24.3 Å². The van der Waals surface area contributed by atoms with Gasteiger partial charge in [-0.3, -0.25) is 0 Å². The second-order valence-electron chi connectivity index (χ2n) is 7.22. The maximum Gasteiger partial charge on any atom is 0.188 e. The van der Waals surface area contributed by atoms with Gasteiger partial charge in [-0.2, -0.15) is 5.10 Å². The van der Waals surface area contributed by atoms with Gasteiger partial charge in [0.05, 0.1) is 12.6 Å². The molecule has 1 aromatic carbocycles. The van der Waals surface area contributed by atoms with Crippen LogP contribution >= 0.6 is 0 Å². The molecular weight excluding hydrogens is 304 g/mol. The summed E-state index contributed by atoms with van der Waals surface area (Å²) in [5, 5.41) is 7.99. The maximum atomic E-state index is 5.83. The van der Waals surface area contributed by atoms with Gasteiger partial charge in [0.15, 0.2) is 5.82 Å². The fourth-order valence-corrected chi connectivity index (χ4v) is 2.71. The third kappa shape index (κ3) is 3.87. The number of hydrogen-bond donors (Lipinski definition) is 1. The standard InChI is InChI=1S/C18H26N4O2/c1-18(2,3)22-17(8-13-10-19-11-13)20-16(21-22)12-24-15-7-5-6-14(9-15)23-4/h5-7,9,13,19H,8,10-12H2,1-4H3. The molecule has 130 valence electrons. The molecule has 6 heteroatoms. The SMILES string of the molecule is COc1cccc(OCc2nc(CC3CNC3)n(C(C)(C)C)n2)c1. The number of nitrogens with zero attached hydrogens (tertiary/aromatic N) is 3. The van der Waals surface area contributed by atoms with Crippen molar-refractivity contribution in [1.29, 1.82) is 0 Å². The Hall–Kier alpha value is -2.08. The first-order valence-corrected chi connectivity index (χ1v) is 8.38. The van der Waals surface area contributed by atoms with Crippen molar-refractivity contribution in [3.8, 4) is 11.5 Å². The van der Waals surface area contributed by atoms with Gasteiger partial charge < -0.3 is 14.8 Å². The summed E-state index contributed by atoms with van der Waals surface area (Å²) >= 11 is 0. The van der Waals surface area contributed by atoms with Gasteiger partial charge >= 0.3 is 0 Å². The van der Waals surface area contributed by atoms with E-state index in [1.165, 1.54) is 0 Å². The minimum Gasteiger partial charge on any atom is -0.497 e. The summed E-state index contributed by atoms with van der Waals surface area (Å²) in [7, 11) is 1.65. The van der Waals surface area contributed by atoms with Crippen molar-refractivity contribution in [1.82, 2.24) is 20.1 Å². The van der Waals surface area contributed by atoms with Gasteiger partial charge in [0, 0.05) is 12.5 Å². The number of rotatable bonds is 6. The average molecular weight is 330 g/mol. The van der Waals surface area contributed by atoms with Gasteiger partial charge in [0.25, 0.3) is 0 Å². The first-order valence-electron chi connectivity index (χ1n) is 8.38. The molecule has 1 fully saturated rings. The molecule has 1 aliphatic rings. The topological polar surface area (TPSA) is 61.2 Å². The van der Waals surface area contributed by atoms with Gasteiger partial charge in [0.1, 0.15) is 23.9 Å². The Morgan fingerprint density at radius 2 is 2.00 bits per heavy atom. The monoisotopic (exact) mass is 330 g/mol. The van der Waals surface area contributed by atoms with Crippen LogP contribution in [-0.4, -0.2) is 35.0 Å². The molecule has 0 aliphatic carbocycles. The normalized spacial score (nSPS) is 15.2. The van der Waals surface area contributed by atoms with Crippen LogP contribution in [-0.2, 0) is 18.6 Å². The zero-order valence-corrected chi connectivity index (χ0v) is 14.9. The molecule has 1 aromatic heterocycles. The van der Waals surface area contributed by atoms with Crippen LogP contribution in [0, 0.1) is 5.92 Å². The summed E-state index contributed by atoms with van der Waals surface area (Å²) < 4.78 is 13.1. The summed E-state index contributed by atoms with van der Waals surface area (Å²) in [6.45, 7) is 8.93. The third-order valence-electron chi connectivity index (χ3n) is 4.10. The Morgan fingerprint density at radius 3 is 2.62 bits per heavy atom. The number of benzene rings is 1. The fraction of sp³-hybridized carbons (Fsp3) is 0.556. The minimum atomic E-state index is -0.0896. The minimum absolute atomic E-state index is 0.0896. The van der Waals surface area contributed by atoms with Crippen molar-refractivity contribution < 1.29 is 9.47 Å². The zero-order chi connectivity index (χ0) is 17.2. The van der Waals surface area contributed by atoms with Crippen LogP contribution in [0.25, 0.3) is 0 Å². The molecule has 3 rings (SSSR count). The summed E-state index contributed by atoms with van der Waals surface area (Å²) in [5.41, 5.74) is -0.0896. The molecule has 0 unspecified atom stereocenters. The summed E-state index contributed by atoms with van der Waals surface area (Å²) in [5.74, 6) is 3.95. The Bertz CT molecular complexity index is 687. The summed E-state index contributed by atoms with van der Waals surface area (Å²) in [6, 6.07) is 7.57. The second kappa shape index (κ2) is 6.81. The Kier molecular flexibility index (Phi) is 4.76. The van der Waals surface area contributed by atoms with Gasteiger partial charge in [-0.25, -0.2) is 9.67 Å². The van der Waals surface area contributed by atoms with Crippen molar-refractivity contribution in [3.63, 3.8) is 0 Å². The van der Waals surface area contributed by atoms with Gasteiger partial charge in [-0.05, 0) is 51.9 Å². The fourth-order valence-electron chi connectivity index (χ4n) is 2.71. The van der Waals surface area contributed by atoms with E-state index >= 15 is 0 Å². The highest BCUT2D eigenvalue weighted by atomic mass is 16.5. The summed E-state index contributed by atoms with van der Waals surface area (Å²) in [6.07, 6.45) is 0.955. The molecule has 0 spiro atoms. The van der Waals surface area contributed by atoms with E-state index < -0.39 is 0 Å². The molecule has 0 atom stereocenters. The first kappa shape index (κ1) is 16.8. The lowest BCUT2D eigenvalue weighted by atomic mass is 9.98. The van der Waals surface area contributed by atoms with E-state index in [0.29, 0.717) is 12.5 Å². The van der Waals surface area contributed by atoms with Crippen LogP contribution in [0.1, 0.15) is 32.4 Å². The van der Waals surface area contributed by atoms with Gasteiger partial charge in [0.2, 0.25) is 0 Å². The molecule has 0 saturated carbocycles. The molecule has 1 N–H and O–H groups in total. The van der Waals surface area contributed by atoms with Gasteiger partial charge in [-0.1, -0.05) is 6.07 Å². The average Bonchev–Trinajstić information content (AvgIpc) is 2.92. The highest BCUT2D eigenvalue weighted by molar-refractivity contribution is 5.32. The van der Waals surface area contributed by atoms with E-state index in [1.54, 1.807) is 7.11 Å². The van der Waals surface area contributed by atoms with E-state index in [4.69, 9.17) is 14.5 Å². The molecule has 1 aliphatic heterocycles. The second-order valence-corrected chi connectivity index (χ2v) is 7.22. The highest BCUT2D eigenvalue weighted by Gasteiger charge is 2.25. The lowest BCUT2D eigenvalue weighted by molar-refractivity contribution is 0.284. The smallest absolute Gasteiger partial charge is 0.188 e. The number of nitrogens with one attached hydrogen (secondary N) is 1. The molecule has 2 aromatic rings. The van der Waals surface area contributed by atoms with Crippen molar-refractivity contribution in [3.05, 3.63) is 35.9 Å². The van der Waals surface area contributed by atoms with Crippen LogP contribution in [0.5, 0.6) is 11.5 Å². The Labute approximate surface area is 143 Å². The quantitative estimate of drug-likeness (QED) is 0.881. The van der Waals surface area contributed by atoms with Crippen molar-refractivity contribution in [2.24, 2.45) is 5.92 Å². The highest BCUT2D eigenvalue weighted by Crippen LogP contribution is 2.22. The number of aromatic nitrogens is 3. The lowest BCUT2D eigenvalue weighted by Crippen LogP contribution is -2.44. The van der Waals surface area contributed by atoms with E-state index in [1.807, 2.05) is 28.9 Å². The number of ether oxygens (including phenoxy) is 2. The molecule has 2 heterocycles. The number of methoxy groups -OCH3 is 1. The van der Waals surface area contributed by atoms with Crippen LogP contribution in [0.2, 0.25) is 0 Å². The number of hydrogen-bond acceptors (Lipinski definition) is 5.